The van der Waals surface area contributed by atoms with E-state index >= 15 is 0 Å². The quantitative estimate of drug-likeness (QED) is 0.737. The average molecular weight is 334 g/mol. The molecule has 0 aliphatic rings. The number of carbonyl (C=O) groups excluding carboxylic acids is 1. The van der Waals surface area contributed by atoms with E-state index in [1.54, 1.807) is 0 Å². The van der Waals surface area contributed by atoms with Crippen molar-refractivity contribution in [2.24, 2.45) is 0 Å². The highest BCUT2D eigenvalue weighted by Gasteiger charge is 2.19. The summed E-state index contributed by atoms with van der Waals surface area (Å²) in [6, 6.07) is 6.68. The number of methoxy groups -OCH3 is 1. The van der Waals surface area contributed by atoms with Crippen molar-refractivity contribution in [3.05, 3.63) is 62.3 Å². The Morgan fingerprint density at radius 1 is 1.10 bits per heavy atom. The Morgan fingerprint density at radius 2 is 1.70 bits per heavy atom. The topological polar surface area (TPSA) is 26.3 Å². The van der Waals surface area contributed by atoms with Crippen LogP contribution in [0.5, 0.6) is 5.75 Å². The Kier molecular flexibility index (Phi) is 4.53. The summed E-state index contributed by atoms with van der Waals surface area (Å²) >= 11 is 17.7. The van der Waals surface area contributed by atoms with Crippen molar-refractivity contribution in [1.82, 2.24) is 0 Å². The van der Waals surface area contributed by atoms with Gasteiger partial charge in [0.2, 0.25) is 0 Å². The van der Waals surface area contributed by atoms with Gasteiger partial charge in [0, 0.05) is 10.6 Å². The summed E-state index contributed by atoms with van der Waals surface area (Å²) in [5.41, 5.74) is 0.205. The van der Waals surface area contributed by atoms with E-state index in [-0.39, 0.29) is 26.9 Å². The molecule has 0 atom stereocenters. The van der Waals surface area contributed by atoms with Crippen LogP contribution in [0.1, 0.15) is 15.9 Å². The maximum atomic E-state index is 13.6. The average Bonchev–Trinajstić information content (AvgIpc) is 2.37. The Labute approximate surface area is 130 Å². The van der Waals surface area contributed by atoms with Gasteiger partial charge in [-0.25, -0.2) is 4.39 Å². The normalized spacial score (nSPS) is 10.4. The molecule has 0 unspecified atom stereocenters. The minimum Gasteiger partial charge on any atom is -0.494 e. The van der Waals surface area contributed by atoms with E-state index < -0.39 is 11.6 Å². The monoisotopic (exact) mass is 332 g/mol. The molecule has 0 saturated carbocycles. The van der Waals surface area contributed by atoms with Crippen LogP contribution < -0.4 is 4.74 Å². The van der Waals surface area contributed by atoms with Crippen LogP contribution >= 0.6 is 34.8 Å². The van der Waals surface area contributed by atoms with E-state index in [9.17, 15) is 9.18 Å². The molecule has 0 radical (unpaired) electrons. The molecule has 6 heteroatoms. The van der Waals surface area contributed by atoms with Crippen LogP contribution in [-0.2, 0) is 0 Å². The highest BCUT2D eigenvalue weighted by Crippen LogP contribution is 2.31. The van der Waals surface area contributed by atoms with E-state index in [0.29, 0.717) is 5.02 Å². The van der Waals surface area contributed by atoms with Gasteiger partial charge in [0.05, 0.1) is 22.7 Å². The zero-order valence-electron chi connectivity index (χ0n) is 10.2. The Bertz CT molecular complexity index is 663. The third-order valence-electron chi connectivity index (χ3n) is 2.65. The molecule has 0 amide bonds. The van der Waals surface area contributed by atoms with E-state index in [4.69, 9.17) is 39.5 Å². The van der Waals surface area contributed by atoms with E-state index in [1.165, 1.54) is 31.4 Å². The summed E-state index contributed by atoms with van der Waals surface area (Å²) in [7, 11) is 1.34. The fourth-order valence-corrected chi connectivity index (χ4v) is 2.70. The number of ether oxygens (including phenoxy) is 1. The van der Waals surface area contributed by atoms with Crippen molar-refractivity contribution in [2.75, 3.05) is 7.11 Å². The van der Waals surface area contributed by atoms with Gasteiger partial charge in [0.1, 0.15) is 0 Å². The molecule has 0 aliphatic heterocycles. The third kappa shape index (κ3) is 2.90. The molecule has 2 nitrogen and oxygen atoms in total. The fourth-order valence-electron chi connectivity index (χ4n) is 1.71. The van der Waals surface area contributed by atoms with Crippen LogP contribution in [-0.4, -0.2) is 12.9 Å². The molecule has 20 heavy (non-hydrogen) atoms. The Balaban J connectivity index is 2.49. The van der Waals surface area contributed by atoms with E-state index in [2.05, 4.69) is 0 Å². The lowest BCUT2D eigenvalue weighted by atomic mass is 10.0. The minimum atomic E-state index is -0.639. The molecule has 0 spiro atoms. The molecule has 0 saturated heterocycles. The van der Waals surface area contributed by atoms with Crippen molar-refractivity contribution >= 4 is 40.6 Å². The molecule has 0 heterocycles. The molecule has 0 aromatic heterocycles. The Morgan fingerprint density at radius 3 is 2.20 bits per heavy atom. The first-order valence-corrected chi connectivity index (χ1v) is 6.60. The van der Waals surface area contributed by atoms with Gasteiger partial charge in [-0.05, 0) is 30.3 Å². The molecule has 0 fully saturated rings. The van der Waals surface area contributed by atoms with Gasteiger partial charge in [-0.2, -0.15) is 0 Å². The summed E-state index contributed by atoms with van der Waals surface area (Å²) in [6.45, 7) is 0. The van der Waals surface area contributed by atoms with Crippen LogP contribution in [0.4, 0.5) is 4.39 Å². The van der Waals surface area contributed by atoms with Crippen molar-refractivity contribution < 1.29 is 13.9 Å². The number of hydrogen-bond donors (Lipinski definition) is 0. The molecule has 0 N–H and O–H groups in total. The summed E-state index contributed by atoms with van der Waals surface area (Å²) in [6.07, 6.45) is 0. The van der Waals surface area contributed by atoms with Crippen molar-refractivity contribution in [3.8, 4) is 5.75 Å². The van der Waals surface area contributed by atoms with Crippen LogP contribution in [0.15, 0.2) is 30.3 Å². The maximum absolute atomic E-state index is 13.6. The highest BCUT2D eigenvalue weighted by atomic mass is 35.5. The van der Waals surface area contributed by atoms with Crippen LogP contribution in [0, 0.1) is 5.82 Å². The largest absolute Gasteiger partial charge is 0.494 e. The van der Waals surface area contributed by atoms with E-state index in [0.717, 1.165) is 6.07 Å². The smallest absolute Gasteiger partial charge is 0.196 e. The lowest BCUT2D eigenvalue weighted by Gasteiger charge is -2.08. The van der Waals surface area contributed by atoms with Crippen LogP contribution in [0.2, 0.25) is 15.1 Å². The SMILES string of the molecule is COc1ccc(C(=O)c2c(Cl)cc(Cl)cc2Cl)cc1F. The summed E-state index contributed by atoms with van der Waals surface area (Å²) < 4.78 is 18.4. The number of halogens is 4. The van der Waals surface area contributed by atoms with Crippen molar-refractivity contribution in [3.63, 3.8) is 0 Å². The predicted octanol–water partition coefficient (Wildman–Crippen LogP) is 5.03. The third-order valence-corrected chi connectivity index (χ3v) is 3.46. The lowest BCUT2D eigenvalue weighted by molar-refractivity contribution is 0.103. The molecule has 2 rings (SSSR count). The molecule has 0 bridgehead atoms. The first-order valence-electron chi connectivity index (χ1n) is 5.47. The van der Waals surface area contributed by atoms with Gasteiger partial charge in [0.25, 0.3) is 0 Å². The van der Waals surface area contributed by atoms with Crippen molar-refractivity contribution in [1.29, 1.82) is 0 Å². The highest BCUT2D eigenvalue weighted by molar-refractivity contribution is 6.43. The van der Waals surface area contributed by atoms with Crippen LogP contribution in [0.25, 0.3) is 0 Å². The predicted molar refractivity (Wildman–Crippen MR) is 77.9 cm³/mol. The first-order chi connectivity index (χ1) is 9.43. The van der Waals surface area contributed by atoms with Gasteiger partial charge in [0.15, 0.2) is 17.3 Å². The zero-order chi connectivity index (χ0) is 14.9. The second-order valence-corrected chi connectivity index (χ2v) is 5.17. The number of benzene rings is 2. The molecule has 0 aliphatic carbocycles. The molecular formula is C14H8Cl3FO2. The number of ketones is 1. The molecule has 104 valence electrons. The molecule has 2 aromatic carbocycles. The number of hydrogen-bond acceptors (Lipinski definition) is 2. The summed E-state index contributed by atoms with van der Waals surface area (Å²) in [5.74, 6) is -1.08. The maximum Gasteiger partial charge on any atom is 0.196 e. The first kappa shape index (κ1) is 15.1. The van der Waals surface area contributed by atoms with Crippen molar-refractivity contribution in [2.45, 2.75) is 0 Å². The van der Waals surface area contributed by atoms with Gasteiger partial charge < -0.3 is 4.74 Å². The molecule has 2 aromatic rings. The van der Waals surface area contributed by atoms with Crippen LogP contribution in [0.3, 0.4) is 0 Å². The number of rotatable bonds is 3. The number of carbonyl (C=O) groups is 1. The minimum absolute atomic E-state index is 0.0508. The van der Waals surface area contributed by atoms with Gasteiger partial charge >= 0.3 is 0 Å². The van der Waals surface area contributed by atoms with Gasteiger partial charge in [-0.15, -0.1) is 0 Å². The fraction of sp³-hybridized carbons (Fsp3) is 0.0714. The van der Waals surface area contributed by atoms with Gasteiger partial charge in [-0.1, -0.05) is 34.8 Å². The molecular weight excluding hydrogens is 326 g/mol. The van der Waals surface area contributed by atoms with E-state index in [1.807, 2.05) is 0 Å². The zero-order valence-corrected chi connectivity index (χ0v) is 12.5. The van der Waals surface area contributed by atoms with Gasteiger partial charge in [-0.3, -0.25) is 4.79 Å². The lowest BCUT2D eigenvalue weighted by Crippen LogP contribution is -2.04. The second-order valence-electron chi connectivity index (χ2n) is 3.92. The second kappa shape index (κ2) is 6.00. The Hall–Kier alpha value is -1.29. The summed E-state index contributed by atoms with van der Waals surface area (Å²) in [4.78, 5) is 12.3. The summed E-state index contributed by atoms with van der Waals surface area (Å²) in [5, 5.41) is 0.546. The standard InChI is InChI=1S/C14H8Cl3FO2/c1-20-12-3-2-7(4-11(12)18)14(19)13-9(16)5-8(15)6-10(13)17/h2-6H,1H3.